The fraction of sp³-hybridized carbons (Fsp3) is 0.211. The van der Waals surface area contributed by atoms with E-state index < -0.39 is 0 Å². The number of hydrogen-bond donors (Lipinski definition) is 1. The Kier molecular flexibility index (Phi) is 4.95. The molecule has 0 saturated heterocycles. The maximum atomic E-state index is 12.6. The number of benzene rings is 2. The van der Waals surface area contributed by atoms with Gasteiger partial charge < -0.3 is 10.1 Å². The van der Waals surface area contributed by atoms with Gasteiger partial charge in [-0.25, -0.2) is 4.68 Å². The molecule has 7 heteroatoms. The van der Waals surface area contributed by atoms with Gasteiger partial charge in [-0.1, -0.05) is 22.9 Å². The lowest BCUT2D eigenvalue weighted by Gasteiger charge is -2.08. The molecule has 0 aliphatic rings. The SMILES string of the molecule is COc1ccc(-n2nnc(C(=O)Nc3ccc(C)c(C)c3)c2C)cc1Cl. The number of nitrogens with one attached hydrogen (secondary N) is 1. The van der Waals surface area contributed by atoms with Crippen molar-refractivity contribution >= 4 is 23.2 Å². The van der Waals surface area contributed by atoms with Crippen molar-refractivity contribution in [1.82, 2.24) is 15.0 Å². The van der Waals surface area contributed by atoms with Crippen LogP contribution in [0.1, 0.15) is 27.3 Å². The number of aryl methyl sites for hydroxylation is 2. The first-order valence-electron chi connectivity index (χ1n) is 8.05. The number of amides is 1. The van der Waals surface area contributed by atoms with E-state index in [0.717, 1.165) is 11.3 Å². The number of rotatable bonds is 4. The molecule has 1 N–H and O–H groups in total. The third-order valence-corrected chi connectivity index (χ3v) is 4.55. The Morgan fingerprint density at radius 1 is 1.12 bits per heavy atom. The summed E-state index contributed by atoms with van der Waals surface area (Å²) in [6.45, 7) is 5.81. The summed E-state index contributed by atoms with van der Waals surface area (Å²) in [5, 5.41) is 11.4. The van der Waals surface area contributed by atoms with Crippen LogP contribution in [0, 0.1) is 20.8 Å². The molecule has 0 bridgehead atoms. The van der Waals surface area contributed by atoms with E-state index in [-0.39, 0.29) is 11.6 Å². The molecule has 0 radical (unpaired) electrons. The van der Waals surface area contributed by atoms with Crippen LogP contribution in [0.3, 0.4) is 0 Å². The molecule has 1 heterocycles. The Labute approximate surface area is 156 Å². The number of ether oxygens (including phenoxy) is 1. The average Bonchev–Trinajstić information content (AvgIpc) is 2.99. The van der Waals surface area contributed by atoms with Crippen molar-refractivity contribution in [2.75, 3.05) is 12.4 Å². The van der Waals surface area contributed by atoms with Gasteiger partial charge >= 0.3 is 0 Å². The van der Waals surface area contributed by atoms with Crippen molar-refractivity contribution in [2.45, 2.75) is 20.8 Å². The normalized spacial score (nSPS) is 10.7. The summed E-state index contributed by atoms with van der Waals surface area (Å²) in [5.41, 5.74) is 4.57. The van der Waals surface area contributed by atoms with Gasteiger partial charge in [-0.15, -0.1) is 5.10 Å². The third-order valence-electron chi connectivity index (χ3n) is 4.25. The van der Waals surface area contributed by atoms with Crippen LogP contribution in [0.5, 0.6) is 5.75 Å². The van der Waals surface area contributed by atoms with Gasteiger partial charge in [0.1, 0.15) is 5.75 Å². The molecule has 0 spiro atoms. The quantitative estimate of drug-likeness (QED) is 0.750. The zero-order chi connectivity index (χ0) is 18.8. The standard InChI is InChI=1S/C19H19ClN4O2/c1-11-5-6-14(9-12(11)2)21-19(25)18-13(3)24(23-22-18)15-7-8-17(26-4)16(20)10-15/h5-10H,1-4H3,(H,21,25). The molecule has 0 fully saturated rings. The van der Waals surface area contributed by atoms with Crippen LogP contribution in [0.2, 0.25) is 5.02 Å². The molecule has 1 amide bonds. The summed E-state index contributed by atoms with van der Waals surface area (Å²) in [7, 11) is 1.55. The lowest BCUT2D eigenvalue weighted by atomic mass is 10.1. The van der Waals surface area contributed by atoms with Crippen molar-refractivity contribution in [3.05, 3.63) is 63.9 Å². The molecule has 26 heavy (non-hydrogen) atoms. The van der Waals surface area contributed by atoms with Crippen LogP contribution in [-0.2, 0) is 0 Å². The van der Waals surface area contributed by atoms with Gasteiger partial charge in [-0.2, -0.15) is 0 Å². The van der Waals surface area contributed by atoms with Crippen molar-refractivity contribution in [2.24, 2.45) is 0 Å². The van der Waals surface area contributed by atoms with Crippen molar-refractivity contribution in [1.29, 1.82) is 0 Å². The van der Waals surface area contributed by atoms with Gasteiger partial charge in [0.15, 0.2) is 5.69 Å². The Morgan fingerprint density at radius 2 is 1.88 bits per heavy atom. The summed E-state index contributed by atoms with van der Waals surface area (Å²) in [4.78, 5) is 12.6. The van der Waals surface area contributed by atoms with Gasteiger partial charge in [-0.05, 0) is 62.2 Å². The molecule has 0 aliphatic carbocycles. The summed E-state index contributed by atoms with van der Waals surface area (Å²) >= 11 is 6.17. The number of methoxy groups -OCH3 is 1. The molecule has 0 atom stereocenters. The predicted octanol–water partition coefficient (Wildman–Crippen LogP) is 4.11. The number of carbonyl (C=O) groups is 1. The van der Waals surface area contributed by atoms with E-state index in [0.29, 0.717) is 22.2 Å². The second kappa shape index (κ2) is 7.17. The van der Waals surface area contributed by atoms with Crippen molar-refractivity contribution in [3.8, 4) is 11.4 Å². The zero-order valence-corrected chi connectivity index (χ0v) is 15.8. The largest absolute Gasteiger partial charge is 0.495 e. The van der Waals surface area contributed by atoms with Crippen LogP contribution in [0.15, 0.2) is 36.4 Å². The third kappa shape index (κ3) is 3.41. The highest BCUT2D eigenvalue weighted by Crippen LogP contribution is 2.27. The number of anilines is 1. The predicted molar refractivity (Wildman–Crippen MR) is 102 cm³/mol. The van der Waals surface area contributed by atoms with Crippen LogP contribution >= 0.6 is 11.6 Å². The van der Waals surface area contributed by atoms with Gasteiger partial charge in [0.2, 0.25) is 0 Å². The lowest BCUT2D eigenvalue weighted by molar-refractivity contribution is 0.102. The van der Waals surface area contributed by atoms with Gasteiger partial charge in [0, 0.05) is 5.69 Å². The van der Waals surface area contributed by atoms with Crippen molar-refractivity contribution in [3.63, 3.8) is 0 Å². The van der Waals surface area contributed by atoms with Gasteiger partial charge in [-0.3, -0.25) is 4.79 Å². The number of nitrogens with zero attached hydrogens (tertiary/aromatic N) is 3. The second-order valence-corrected chi connectivity index (χ2v) is 6.41. The molecule has 3 aromatic rings. The fourth-order valence-corrected chi connectivity index (χ4v) is 2.83. The highest BCUT2D eigenvalue weighted by Gasteiger charge is 2.18. The van der Waals surface area contributed by atoms with Crippen molar-refractivity contribution < 1.29 is 9.53 Å². The summed E-state index contributed by atoms with van der Waals surface area (Å²) < 4.78 is 6.72. The average molecular weight is 371 g/mol. The highest BCUT2D eigenvalue weighted by molar-refractivity contribution is 6.32. The first-order valence-corrected chi connectivity index (χ1v) is 8.43. The Bertz CT molecular complexity index is 982. The van der Waals surface area contributed by atoms with E-state index in [1.807, 2.05) is 32.0 Å². The zero-order valence-electron chi connectivity index (χ0n) is 15.0. The van der Waals surface area contributed by atoms with E-state index >= 15 is 0 Å². The van der Waals surface area contributed by atoms with Gasteiger partial charge in [0.25, 0.3) is 5.91 Å². The lowest BCUT2D eigenvalue weighted by Crippen LogP contribution is -2.14. The Hall–Kier alpha value is -2.86. The molecular weight excluding hydrogens is 352 g/mol. The monoisotopic (exact) mass is 370 g/mol. The topological polar surface area (TPSA) is 69.0 Å². The second-order valence-electron chi connectivity index (χ2n) is 6.01. The summed E-state index contributed by atoms with van der Waals surface area (Å²) in [6, 6.07) is 11.0. The minimum absolute atomic E-state index is 0.259. The van der Waals surface area contributed by atoms with Gasteiger partial charge in [0.05, 0.1) is 23.5 Å². The smallest absolute Gasteiger partial charge is 0.278 e. The molecule has 3 rings (SSSR count). The van der Waals surface area contributed by atoms with E-state index in [4.69, 9.17) is 16.3 Å². The highest BCUT2D eigenvalue weighted by atomic mass is 35.5. The van der Waals surface area contributed by atoms with E-state index in [1.165, 1.54) is 5.56 Å². The van der Waals surface area contributed by atoms with E-state index in [2.05, 4.69) is 15.6 Å². The Morgan fingerprint density at radius 3 is 2.54 bits per heavy atom. The number of hydrogen-bond acceptors (Lipinski definition) is 4. The first kappa shape index (κ1) is 17.9. The Balaban J connectivity index is 1.87. The van der Waals surface area contributed by atoms with Crippen LogP contribution in [-0.4, -0.2) is 28.0 Å². The number of aromatic nitrogens is 3. The molecule has 0 unspecified atom stereocenters. The van der Waals surface area contributed by atoms with E-state index in [9.17, 15) is 4.79 Å². The minimum Gasteiger partial charge on any atom is -0.495 e. The molecular formula is C19H19ClN4O2. The van der Waals surface area contributed by atoms with Crippen LogP contribution in [0.4, 0.5) is 5.69 Å². The fourth-order valence-electron chi connectivity index (χ4n) is 2.58. The molecule has 6 nitrogen and oxygen atoms in total. The first-order chi connectivity index (χ1) is 12.4. The summed E-state index contributed by atoms with van der Waals surface area (Å²) in [5.74, 6) is 0.262. The number of carbonyl (C=O) groups excluding carboxylic acids is 1. The molecule has 0 aliphatic heterocycles. The molecule has 2 aromatic carbocycles. The maximum absolute atomic E-state index is 12.6. The van der Waals surface area contributed by atoms with Crippen LogP contribution in [0.25, 0.3) is 5.69 Å². The van der Waals surface area contributed by atoms with E-state index in [1.54, 1.807) is 36.9 Å². The molecule has 1 aromatic heterocycles. The molecule has 134 valence electrons. The number of halogens is 1. The summed E-state index contributed by atoms with van der Waals surface area (Å²) in [6.07, 6.45) is 0. The maximum Gasteiger partial charge on any atom is 0.278 e. The molecule has 0 saturated carbocycles. The minimum atomic E-state index is -0.309. The van der Waals surface area contributed by atoms with Crippen LogP contribution < -0.4 is 10.1 Å².